The number of rotatable bonds is 7. The summed E-state index contributed by atoms with van der Waals surface area (Å²) >= 11 is 6.11. The molecule has 0 bridgehead atoms. The molecule has 5 nitrogen and oxygen atoms in total. The largest absolute Gasteiger partial charge is 0.348 e. The van der Waals surface area contributed by atoms with Crippen molar-refractivity contribution < 1.29 is 13.2 Å². The van der Waals surface area contributed by atoms with E-state index in [4.69, 9.17) is 11.6 Å². The van der Waals surface area contributed by atoms with Gasteiger partial charge in [-0.3, -0.25) is 9.10 Å². The highest BCUT2D eigenvalue weighted by Gasteiger charge is 2.24. The van der Waals surface area contributed by atoms with E-state index in [0.29, 0.717) is 22.7 Å². The van der Waals surface area contributed by atoms with Crippen molar-refractivity contribution in [2.75, 3.05) is 17.1 Å². The molecule has 0 spiro atoms. The number of nitrogens with one attached hydrogen (secondary N) is 1. The smallest absolute Gasteiger partial charge is 0.241 e. The molecule has 1 amide bonds. The van der Waals surface area contributed by atoms with Crippen LogP contribution in [0.3, 0.4) is 0 Å². The van der Waals surface area contributed by atoms with Gasteiger partial charge in [0.2, 0.25) is 15.9 Å². The summed E-state index contributed by atoms with van der Waals surface area (Å²) in [6, 6.07) is 14.4. The number of nitrogens with zero attached hydrogens (tertiary/aromatic N) is 1. The molecule has 0 radical (unpaired) electrons. The second kappa shape index (κ2) is 8.56. The summed E-state index contributed by atoms with van der Waals surface area (Å²) < 4.78 is 25.6. The van der Waals surface area contributed by atoms with Crippen molar-refractivity contribution in [1.82, 2.24) is 5.32 Å². The minimum absolute atomic E-state index is 0.175. The molecule has 1 unspecified atom stereocenters. The molecule has 1 N–H and O–H groups in total. The summed E-state index contributed by atoms with van der Waals surface area (Å²) in [5.74, 6) is -0.370. The first-order valence-electron chi connectivity index (χ1n) is 8.31. The van der Waals surface area contributed by atoms with Crippen LogP contribution in [-0.2, 0) is 14.8 Å². The molecule has 26 heavy (non-hydrogen) atoms. The fourth-order valence-corrected chi connectivity index (χ4v) is 3.80. The second-order valence-electron chi connectivity index (χ2n) is 6.09. The van der Waals surface area contributed by atoms with E-state index in [2.05, 4.69) is 5.32 Å². The average Bonchev–Trinajstić information content (AvgIpc) is 2.60. The highest BCUT2D eigenvalue weighted by atomic mass is 35.5. The van der Waals surface area contributed by atoms with Crippen LogP contribution in [0.15, 0.2) is 48.5 Å². The zero-order valence-corrected chi connectivity index (χ0v) is 16.6. The lowest BCUT2D eigenvalue weighted by atomic mass is 10.0. The van der Waals surface area contributed by atoms with Gasteiger partial charge in [0.15, 0.2) is 0 Å². The maximum atomic E-state index is 12.6. The van der Waals surface area contributed by atoms with E-state index >= 15 is 0 Å². The fraction of sp³-hybridized carbons (Fsp3) is 0.316. The summed E-state index contributed by atoms with van der Waals surface area (Å²) in [6.45, 7) is 3.39. The van der Waals surface area contributed by atoms with Crippen LogP contribution >= 0.6 is 11.6 Å². The Balaban J connectivity index is 2.24. The van der Waals surface area contributed by atoms with Crippen molar-refractivity contribution in [1.29, 1.82) is 0 Å². The van der Waals surface area contributed by atoms with E-state index in [1.807, 2.05) is 37.3 Å². The van der Waals surface area contributed by atoms with Gasteiger partial charge in [0.1, 0.15) is 6.54 Å². The number of hydrogen-bond donors (Lipinski definition) is 1. The van der Waals surface area contributed by atoms with Crippen molar-refractivity contribution >= 4 is 33.2 Å². The Bertz CT molecular complexity index is 870. The molecule has 0 saturated heterocycles. The summed E-state index contributed by atoms with van der Waals surface area (Å²) in [6.07, 6.45) is 1.78. The quantitative estimate of drug-likeness (QED) is 0.778. The van der Waals surface area contributed by atoms with Crippen LogP contribution in [0.1, 0.15) is 30.5 Å². The normalized spacial score (nSPS) is 12.5. The van der Waals surface area contributed by atoms with E-state index in [9.17, 15) is 13.2 Å². The standard InChI is InChI=1S/C19H23ClN2O3S/c1-4-17(15-9-6-5-7-10-15)21-19(23)13-22(26(3,24)25)18-12-8-11-16(20)14(18)2/h5-12,17H,4,13H2,1-3H3,(H,21,23). The van der Waals surface area contributed by atoms with E-state index in [0.717, 1.165) is 16.1 Å². The lowest BCUT2D eigenvalue weighted by Crippen LogP contribution is -2.41. The number of amides is 1. The molecule has 0 aliphatic rings. The van der Waals surface area contributed by atoms with Gasteiger partial charge < -0.3 is 5.32 Å². The lowest BCUT2D eigenvalue weighted by molar-refractivity contribution is -0.120. The predicted molar refractivity (Wildman–Crippen MR) is 106 cm³/mol. The molecule has 0 saturated carbocycles. The maximum absolute atomic E-state index is 12.6. The summed E-state index contributed by atoms with van der Waals surface area (Å²) in [7, 11) is -3.65. The first-order valence-corrected chi connectivity index (χ1v) is 10.5. The monoisotopic (exact) mass is 394 g/mol. The van der Waals surface area contributed by atoms with E-state index < -0.39 is 10.0 Å². The molecular weight excluding hydrogens is 372 g/mol. The van der Waals surface area contributed by atoms with Crippen LogP contribution < -0.4 is 9.62 Å². The van der Waals surface area contributed by atoms with Gasteiger partial charge in [-0.05, 0) is 36.6 Å². The highest BCUT2D eigenvalue weighted by molar-refractivity contribution is 7.92. The Kier molecular flexibility index (Phi) is 6.67. The molecule has 2 aromatic carbocycles. The van der Waals surface area contributed by atoms with E-state index in [1.165, 1.54) is 0 Å². The van der Waals surface area contributed by atoms with Crippen molar-refractivity contribution in [3.05, 3.63) is 64.7 Å². The van der Waals surface area contributed by atoms with Gasteiger partial charge in [-0.1, -0.05) is 54.9 Å². The van der Waals surface area contributed by atoms with Gasteiger partial charge in [-0.25, -0.2) is 8.42 Å². The van der Waals surface area contributed by atoms with Gasteiger partial charge in [0.25, 0.3) is 0 Å². The Hall–Kier alpha value is -2.05. The van der Waals surface area contributed by atoms with Crippen LogP contribution in [0, 0.1) is 6.92 Å². The predicted octanol–water partition coefficient (Wildman–Crippen LogP) is 3.68. The number of benzene rings is 2. The van der Waals surface area contributed by atoms with Gasteiger partial charge in [-0.2, -0.15) is 0 Å². The topological polar surface area (TPSA) is 66.5 Å². The van der Waals surface area contributed by atoms with E-state index in [1.54, 1.807) is 25.1 Å². The third-order valence-corrected chi connectivity index (χ3v) is 5.68. The number of hydrogen-bond acceptors (Lipinski definition) is 3. The first-order chi connectivity index (χ1) is 12.2. The van der Waals surface area contributed by atoms with Gasteiger partial charge >= 0.3 is 0 Å². The Morgan fingerprint density at radius 1 is 1.15 bits per heavy atom. The molecule has 140 valence electrons. The van der Waals surface area contributed by atoms with Crippen LogP contribution in [0.4, 0.5) is 5.69 Å². The number of carbonyl (C=O) groups is 1. The van der Waals surface area contributed by atoms with Crippen LogP contribution in [0.2, 0.25) is 5.02 Å². The molecule has 0 heterocycles. The number of sulfonamides is 1. The fourth-order valence-electron chi connectivity index (χ4n) is 2.72. The van der Waals surface area contributed by atoms with Gasteiger partial charge in [-0.15, -0.1) is 0 Å². The summed E-state index contributed by atoms with van der Waals surface area (Å²) in [5.41, 5.74) is 2.00. The Morgan fingerprint density at radius 2 is 1.81 bits per heavy atom. The Labute approximate surface area is 160 Å². The zero-order valence-electron chi connectivity index (χ0n) is 15.1. The van der Waals surface area contributed by atoms with Gasteiger partial charge in [0.05, 0.1) is 18.0 Å². The van der Waals surface area contributed by atoms with Crippen molar-refractivity contribution in [2.45, 2.75) is 26.3 Å². The maximum Gasteiger partial charge on any atom is 0.241 e. The molecule has 0 aliphatic heterocycles. The van der Waals surface area contributed by atoms with Crippen molar-refractivity contribution in [3.8, 4) is 0 Å². The molecule has 7 heteroatoms. The van der Waals surface area contributed by atoms with Crippen molar-refractivity contribution in [3.63, 3.8) is 0 Å². The molecule has 0 aromatic heterocycles. The average molecular weight is 395 g/mol. The third-order valence-electron chi connectivity index (χ3n) is 4.14. The highest BCUT2D eigenvalue weighted by Crippen LogP contribution is 2.28. The first kappa shape index (κ1) is 20.3. The minimum Gasteiger partial charge on any atom is -0.348 e. The Morgan fingerprint density at radius 3 is 2.38 bits per heavy atom. The van der Waals surface area contributed by atoms with Crippen LogP contribution in [0.25, 0.3) is 0 Å². The second-order valence-corrected chi connectivity index (χ2v) is 8.41. The molecule has 2 rings (SSSR count). The van der Waals surface area contributed by atoms with E-state index in [-0.39, 0.29) is 18.5 Å². The summed E-state index contributed by atoms with van der Waals surface area (Å²) in [4.78, 5) is 12.6. The lowest BCUT2D eigenvalue weighted by Gasteiger charge is -2.25. The number of carbonyl (C=O) groups excluding carboxylic acids is 1. The minimum atomic E-state index is -3.65. The molecule has 0 aliphatic carbocycles. The molecule has 0 fully saturated rings. The van der Waals surface area contributed by atoms with Crippen LogP contribution in [-0.4, -0.2) is 27.1 Å². The van der Waals surface area contributed by atoms with Gasteiger partial charge in [0, 0.05) is 5.02 Å². The zero-order chi connectivity index (χ0) is 19.3. The third kappa shape index (κ3) is 4.99. The molecule has 2 aromatic rings. The molecule has 1 atom stereocenters. The van der Waals surface area contributed by atoms with Crippen LogP contribution in [0.5, 0.6) is 0 Å². The SMILES string of the molecule is CCC(NC(=O)CN(c1cccc(Cl)c1C)S(C)(=O)=O)c1ccccc1. The molecular formula is C19H23ClN2O3S. The number of halogens is 1. The summed E-state index contributed by atoms with van der Waals surface area (Å²) in [5, 5.41) is 3.36. The number of anilines is 1. The van der Waals surface area contributed by atoms with Crippen molar-refractivity contribution in [2.24, 2.45) is 0 Å².